The number of carbonyl (C=O) groups is 1. The van der Waals surface area contributed by atoms with E-state index in [4.69, 9.17) is 0 Å². The van der Waals surface area contributed by atoms with Gasteiger partial charge < -0.3 is 10.6 Å². The summed E-state index contributed by atoms with van der Waals surface area (Å²) in [7, 11) is 0. The van der Waals surface area contributed by atoms with Crippen molar-refractivity contribution >= 4 is 17.2 Å². The molecule has 3 rings (SSSR count). The van der Waals surface area contributed by atoms with Crippen molar-refractivity contribution < 1.29 is 4.79 Å². The van der Waals surface area contributed by atoms with Gasteiger partial charge in [-0.15, -0.1) is 11.3 Å². The number of aromatic nitrogens is 1. The number of hydrogen-bond acceptors (Lipinski definition) is 4. The minimum absolute atomic E-state index is 0.0248. The topological polar surface area (TPSA) is 54.0 Å². The minimum Gasteiger partial charge on any atom is -0.348 e. The first-order valence-corrected chi connectivity index (χ1v) is 9.11. The number of nitrogens with one attached hydrogen (secondary N) is 2. The Morgan fingerprint density at radius 3 is 2.78 bits per heavy atom. The van der Waals surface area contributed by atoms with Crippen molar-refractivity contribution in [3.63, 3.8) is 0 Å². The maximum Gasteiger partial charge on any atom is 0.237 e. The van der Waals surface area contributed by atoms with Crippen molar-refractivity contribution in [3.05, 3.63) is 41.0 Å². The number of thiazole rings is 1. The van der Waals surface area contributed by atoms with Gasteiger partial charge in [0.2, 0.25) is 5.91 Å². The monoisotopic (exact) mass is 329 g/mol. The van der Waals surface area contributed by atoms with E-state index in [-0.39, 0.29) is 18.0 Å². The zero-order valence-corrected chi connectivity index (χ0v) is 14.5. The second-order valence-corrected chi connectivity index (χ2v) is 6.86. The molecule has 4 nitrogen and oxygen atoms in total. The number of aryl methyl sites for hydroxylation is 1. The smallest absolute Gasteiger partial charge is 0.237 e. The Morgan fingerprint density at radius 2 is 2.22 bits per heavy atom. The van der Waals surface area contributed by atoms with E-state index in [0.717, 1.165) is 37.1 Å². The Labute approximate surface area is 141 Å². The average molecular weight is 329 g/mol. The summed E-state index contributed by atoms with van der Waals surface area (Å²) in [6.07, 6.45) is 2.90. The van der Waals surface area contributed by atoms with Crippen LogP contribution in [0.5, 0.6) is 0 Å². The Balaban J connectivity index is 1.71. The van der Waals surface area contributed by atoms with Crippen LogP contribution < -0.4 is 10.6 Å². The summed E-state index contributed by atoms with van der Waals surface area (Å²) in [6, 6.07) is 8.53. The molecule has 1 amide bonds. The lowest BCUT2D eigenvalue weighted by molar-refractivity contribution is -0.123. The molecule has 0 saturated carbocycles. The molecule has 1 aromatic heterocycles. The molecule has 23 heavy (non-hydrogen) atoms. The van der Waals surface area contributed by atoms with Crippen LogP contribution >= 0.6 is 11.3 Å². The Kier molecular flexibility index (Phi) is 5.08. The number of amides is 1. The number of hydrogen-bond donors (Lipinski definition) is 2. The molecule has 0 radical (unpaired) electrons. The van der Waals surface area contributed by atoms with Crippen LogP contribution in [-0.2, 0) is 4.79 Å². The summed E-state index contributed by atoms with van der Waals surface area (Å²) >= 11 is 1.66. The highest BCUT2D eigenvalue weighted by Crippen LogP contribution is 2.28. The standard InChI is InChI=1S/C18H23N3OS/c1-3-15(21-18(22)16-5-4-10-19-16)13-6-8-14(9-7-13)17-12(2)20-11-23-17/h6-9,11,15-16,19H,3-5,10H2,1-2H3,(H,21,22). The molecule has 5 heteroatoms. The zero-order chi connectivity index (χ0) is 16.2. The van der Waals surface area contributed by atoms with Gasteiger partial charge in [0.05, 0.1) is 28.2 Å². The van der Waals surface area contributed by atoms with Crippen molar-refractivity contribution in [3.8, 4) is 10.4 Å². The Hall–Kier alpha value is -1.72. The lowest BCUT2D eigenvalue weighted by Gasteiger charge is -2.20. The van der Waals surface area contributed by atoms with Crippen molar-refractivity contribution in [2.24, 2.45) is 0 Å². The third kappa shape index (κ3) is 3.62. The molecular formula is C18H23N3OS. The molecule has 0 bridgehead atoms. The van der Waals surface area contributed by atoms with Crippen molar-refractivity contribution in [2.75, 3.05) is 6.54 Å². The predicted octanol–water partition coefficient (Wildman–Crippen LogP) is 3.44. The lowest BCUT2D eigenvalue weighted by Crippen LogP contribution is -2.41. The molecule has 122 valence electrons. The Morgan fingerprint density at radius 1 is 1.43 bits per heavy atom. The molecule has 2 unspecified atom stereocenters. The molecule has 1 aliphatic rings. The molecule has 1 aliphatic heterocycles. The molecule has 2 atom stereocenters. The van der Waals surface area contributed by atoms with Crippen LogP contribution in [0.2, 0.25) is 0 Å². The van der Waals surface area contributed by atoms with Gasteiger partial charge in [-0.25, -0.2) is 4.98 Å². The fourth-order valence-electron chi connectivity index (χ4n) is 3.05. The van der Waals surface area contributed by atoms with Gasteiger partial charge >= 0.3 is 0 Å². The van der Waals surface area contributed by atoms with Crippen LogP contribution in [0, 0.1) is 6.92 Å². The SMILES string of the molecule is CCC(NC(=O)C1CCCN1)c1ccc(-c2scnc2C)cc1. The van der Waals surface area contributed by atoms with Gasteiger partial charge in [0.15, 0.2) is 0 Å². The number of rotatable bonds is 5. The molecule has 2 aromatic rings. The first-order valence-electron chi connectivity index (χ1n) is 8.23. The van der Waals surface area contributed by atoms with Gasteiger partial charge in [0, 0.05) is 0 Å². The fraction of sp³-hybridized carbons (Fsp3) is 0.444. The van der Waals surface area contributed by atoms with Crippen molar-refractivity contribution in [1.82, 2.24) is 15.6 Å². The molecule has 0 aliphatic carbocycles. The molecule has 1 saturated heterocycles. The van der Waals surface area contributed by atoms with Gasteiger partial charge in [-0.3, -0.25) is 4.79 Å². The summed E-state index contributed by atoms with van der Waals surface area (Å²) in [5.41, 5.74) is 5.29. The van der Waals surface area contributed by atoms with E-state index in [1.54, 1.807) is 11.3 Å². The number of carbonyl (C=O) groups excluding carboxylic acids is 1. The van der Waals surface area contributed by atoms with E-state index in [0.29, 0.717) is 0 Å². The van der Waals surface area contributed by atoms with E-state index in [9.17, 15) is 4.79 Å². The maximum atomic E-state index is 12.3. The predicted molar refractivity (Wildman–Crippen MR) is 94.5 cm³/mol. The van der Waals surface area contributed by atoms with Gasteiger partial charge in [-0.1, -0.05) is 31.2 Å². The van der Waals surface area contributed by atoms with E-state index in [1.807, 2.05) is 12.4 Å². The van der Waals surface area contributed by atoms with E-state index in [1.165, 1.54) is 10.4 Å². The van der Waals surface area contributed by atoms with Gasteiger partial charge in [-0.2, -0.15) is 0 Å². The van der Waals surface area contributed by atoms with Crippen LogP contribution in [-0.4, -0.2) is 23.5 Å². The maximum absolute atomic E-state index is 12.3. The normalized spacial score (nSPS) is 18.8. The van der Waals surface area contributed by atoms with Crippen LogP contribution in [0.15, 0.2) is 29.8 Å². The molecule has 1 fully saturated rings. The highest BCUT2D eigenvalue weighted by Gasteiger charge is 2.24. The highest BCUT2D eigenvalue weighted by atomic mass is 32.1. The first kappa shape index (κ1) is 16.1. The highest BCUT2D eigenvalue weighted by molar-refractivity contribution is 7.13. The largest absolute Gasteiger partial charge is 0.348 e. The second kappa shape index (κ2) is 7.23. The number of benzene rings is 1. The summed E-state index contributed by atoms with van der Waals surface area (Å²) in [5, 5.41) is 6.43. The van der Waals surface area contributed by atoms with Crippen molar-refractivity contribution in [2.45, 2.75) is 45.2 Å². The Bertz CT molecular complexity index is 659. The molecule has 2 heterocycles. The first-order chi connectivity index (χ1) is 11.2. The summed E-state index contributed by atoms with van der Waals surface area (Å²) in [6.45, 7) is 5.08. The zero-order valence-electron chi connectivity index (χ0n) is 13.6. The average Bonchev–Trinajstić information content (AvgIpc) is 3.24. The van der Waals surface area contributed by atoms with Crippen LogP contribution in [0.3, 0.4) is 0 Å². The van der Waals surface area contributed by atoms with Crippen molar-refractivity contribution in [1.29, 1.82) is 0 Å². The van der Waals surface area contributed by atoms with Gasteiger partial charge in [-0.05, 0) is 43.9 Å². The van der Waals surface area contributed by atoms with E-state index >= 15 is 0 Å². The summed E-state index contributed by atoms with van der Waals surface area (Å²) < 4.78 is 0. The fourth-order valence-corrected chi connectivity index (χ4v) is 3.86. The summed E-state index contributed by atoms with van der Waals surface area (Å²) in [5.74, 6) is 0.122. The van der Waals surface area contributed by atoms with Gasteiger partial charge in [0.25, 0.3) is 0 Å². The molecule has 1 aromatic carbocycles. The molecule has 2 N–H and O–H groups in total. The van der Waals surface area contributed by atoms with Crippen LogP contribution in [0.4, 0.5) is 0 Å². The van der Waals surface area contributed by atoms with Crippen LogP contribution in [0.1, 0.15) is 43.5 Å². The summed E-state index contributed by atoms with van der Waals surface area (Å²) in [4.78, 5) is 17.8. The van der Waals surface area contributed by atoms with Crippen LogP contribution in [0.25, 0.3) is 10.4 Å². The lowest BCUT2D eigenvalue weighted by atomic mass is 10.0. The molecular weight excluding hydrogens is 306 g/mol. The quantitative estimate of drug-likeness (QED) is 0.883. The molecule has 0 spiro atoms. The second-order valence-electron chi connectivity index (χ2n) is 6.01. The minimum atomic E-state index is -0.0248. The van der Waals surface area contributed by atoms with Gasteiger partial charge in [0.1, 0.15) is 0 Å². The third-order valence-electron chi connectivity index (χ3n) is 4.42. The third-order valence-corrected chi connectivity index (χ3v) is 5.40. The number of nitrogens with zero attached hydrogens (tertiary/aromatic N) is 1. The van der Waals surface area contributed by atoms with E-state index in [2.05, 4.69) is 46.8 Å². The van der Waals surface area contributed by atoms with E-state index < -0.39 is 0 Å².